The molecule has 0 saturated carbocycles. The summed E-state index contributed by atoms with van der Waals surface area (Å²) >= 11 is 26.1. The maximum absolute atomic E-state index is 13.5. The maximum atomic E-state index is 13.5. The highest BCUT2D eigenvalue weighted by atomic mass is 35.5. The number of ether oxygens (including phenoxy) is 1. The highest BCUT2D eigenvalue weighted by Gasteiger charge is 2.34. The molecule has 1 fully saturated rings. The Morgan fingerprint density at radius 2 is 1.51 bits per heavy atom. The molecule has 4 aromatic rings. The van der Waals surface area contributed by atoms with E-state index in [4.69, 9.17) is 56.1 Å². The van der Waals surface area contributed by atoms with Gasteiger partial charge in [0.25, 0.3) is 11.8 Å². The summed E-state index contributed by atoms with van der Waals surface area (Å²) in [6.45, 7) is -0.347. The van der Waals surface area contributed by atoms with Crippen LogP contribution in [0.25, 0.3) is 6.08 Å². The van der Waals surface area contributed by atoms with E-state index < -0.39 is 5.91 Å². The highest BCUT2D eigenvalue weighted by molar-refractivity contribution is 8.19. The van der Waals surface area contributed by atoms with Crippen LogP contribution in [0.15, 0.2) is 101 Å². The zero-order valence-corrected chi connectivity index (χ0v) is 24.8. The lowest BCUT2D eigenvalue weighted by molar-refractivity contribution is -0.118. The van der Waals surface area contributed by atoms with Crippen LogP contribution in [0.4, 0.5) is 17.1 Å². The van der Waals surface area contributed by atoms with Gasteiger partial charge in [-0.25, -0.2) is 4.99 Å². The molecule has 1 heterocycles. The van der Waals surface area contributed by atoms with Crippen LogP contribution in [0.5, 0.6) is 5.75 Å². The van der Waals surface area contributed by atoms with Crippen LogP contribution >= 0.6 is 58.2 Å². The van der Waals surface area contributed by atoms with E-state index in [9.17, 15) is 9.59 Å². The molecule has 41 heavy (non-hydrogen) atoms. The van der Waals surface area contributed by atoms with Gasteiger partial charge in [0.15, 0.2) is 17.5 Å². The quantitative estimate of drug-likeness (QED) is 0.204. The molecule has 11 heteroatoms. The van der Waals surface area contributed by atoms with Gasteiger partial charge >= 0.3 is 0 Å². The van der Waals surface area contributed by atoms with Crippen molar-refractivity contribution in [1.82, 2.24) is 0 Å². The number of rotatable bonds is 7. The Morgan fingerprint density at radius 1 is 0.854 bits per heavy atom. The zero-order chi connectivity index (χ0) is 28.9. The maximum Gasteiger partial charge on any atom is 0.271 e. The third-order valence-corrected chi connectivity index (χ3v) is 7.94. The summed E-state index contributed by atoms with van der Waals surface area (Å²) < 4.78 is 5.60. The fourth-order valence-corrected chi connectivity index (χ4v) is 5.74. The summed E-state index contributed by atoms with van der Waals surface area (Å²) in [4.78, 5) is 32.6. The molecule has 0 atom stereocenters. The number of benzene rings is 4. The third kappa shape index (κ3) is 7.07. The second-order valence-corrected chi connectivity index (χ2v) is 11.2. The van der Waals surface area contributed by atoms with Crippen molar-refractivity contribution in [3.05, 3.63) is 122 Å². The van der Waals surface area contributed by atoms with E-state index in [1.165, 1.54) is 17.8 Å². The van der Waals surface area contributed by atoms with E-state index in [1.54, 1.807) is 35.2 Å². The van der Waals surface area contributed by atoms with E-state index in [2.05, 4.69) is 5.32 Å². The van der Waals surface area contributed by atoms with Crippen molar-refractivity contribution in [2.75, 3.05) is 16.8 Å². The Hall–Kier alpha value is -3.46. The molecule has 2 amide bonds. The van der Waals surface area contributed by atoms with Crippen LogP contribution in [0.2, 0.25) is 20.1 Å². The minimum absolute atomic E-state index is 0.141. The summed E-state index contributed by atoms with van der Waals surface area (Å²) in [5.41, 5.74) is 2.46. The highest BCUT2D eigenvalue weighted by Crippen LogP contribution is 2.39. The summed E-state index contributed by atoms with van der Waals surface area (Å²) in [7, 11) is 0. The van der Waals surface area contributed by atoms with E-state index in [-0.39, 0.29) is 28.3 Å². The minimum atomic E-state index is -0.444. The normalized spacial score (nSPS) is 15.0. The van der Waals surface area contributed by atoms with Crippen LogP contribution < -0.4 is 15.0 Å². The number of carbonyl (C=O) groups is 2. The molecule has 6 nitrogen and oxygen atoms in total. The molecule has 1 aliphatic heterocycles. The van der Waals surface area contributed by atoms with Crippen LogP contribution in [0.1, 0.15) is 5.56 Å². The number of nitrogens with zero attached hydrogens (tertiary/aromatic N) is 2. The topological polar surface area (TPSA) is 71.0 Å². The van der Waals surface area contributed by atoms with Crippen molar-refractivity contribution >= 4 is 98.3 Å². The molecule has 5 rings (SSSR count). The van der Waals surface area contributed by atoms with Crippen molar-refractivity contribution < 1.29 is 14.3 Å². The standard InChI is InChI=1S/C30H19Cl4N3O3S/c31-22-12-11-20(16-23(22)32)35-27(38)17-40-28-24(33)13-18(14-25(28)34)15-26-29(39)37(21-9-5-2-6-10-21)30(41-26)36-19-7-3-1-4-8-19/h1-16H,17H2,(H,35,38)/b26-15+,36-30?. The number of amides is 2. The molecule has 0 unspecified atom stereocenters. The van der Waals surface area contributed by atoms with Gasteiger partial charge in [-0.15, -0.1) is 0 Å². The Kier molecular flexibility index (Phi) is 9.22. The number of anilines is 2. The molecule has 0 radical (unpaired) electrons. The number of nitrogens with one attached hydrogen (secondary N) is 1. The smallest absolute Gasteiger partial charge is 0.271 e. The average Bonchev–Trinajstić information content (AvgIpc) is 3.25. The summed E-state index contributed by atoms with van der Waals surface area (Å²) in [5, 5.41) is 4.23. The average molecular weight is 643 g/mol. The summed E-state index contributed by atoms with van der Waals surface area (Å²) in [6, 6.07) is 26.6. The zero-order valence-electron chi connectivity index (χ0n) is 21.0. The van der Waals surface area contributed by atoms with Gasteiger partial charge in [-0.05, 0) is 78.0 Å². The Labute approximate surface area is 260 Å². The number of hydrogen-bond donors (Lipinski definition) is 1. The number of thioether (sulfide) groups is 1. The van der Waals surface area contributed by atoms with Gasteiger partial charge < -0.3 is 10.1 Å². The summed E-state index contributed by atoms with van der Waals surface area (Å²) in [5.74, 6) is -0.536. The van der Waals surface area contributed by atoms with Crippen molar-refractivity contribution in [1.29, 1.82) is 0 Å². The SMILES string of the molecule is O=C(COc1c(Cl)cc(/C=C2/SC(=Nc3ccccc3)N(c3ccccc3)C2=O)cc1Cl)Nc1ccc(Cl)c(Cl)c1. The molecule has 206 valence electrons. The van der Waals surface area contributed by atoms with E-state index in [1.807, 2.05) is 60.7 Å². The lowest BCUT2D eigenvalue weighted by atomic mass is 10.2. The molecule has 0 spiro atoms. The molecule has 1 aliphatic rings. The lowest BCUT2D eigenvalue weighted by Gasteiger charge is -2.15. The van der Waals surface area contributed by atoms with Gasteiger partial charge in [-0.1, -0.05) is 82.8 Å². The van der Waals surface area contributed by atoms with Gasteiger partial charge in [0.2, 0.25) is 0 Å². The molecular weight excluding hydrogens is 624 g/mol. The van der Waals surface area contributed by atoms with Gasteiger partial charge in [0, 0.05) is 5.69 Å². The fourth-order valence-electron chi connectivity index (χ4n) is 3.83. The van der Waals surface area contributed by atoms with Gasteiger partial charge in [-0.3, -0.25) is 14.5 Å². The van der Waals surface area contributed by atoms with Gasteiger partial charge in [-0.2, -0.15) is 0 Å². The second-order valence-electron chi connectivity index (χ2n) is 8.60. The first kappa shape index (κ1) is 29.0. The van der Waals surface area contributed by atoms with Crippen molar-refractivity contribution in [3.63, 3.8) is 0 Å². The third-order valence-electron chi connectivity index (χ3n) is 5.67. The predicted octanol–water partition coefficient (Wildman–Crippen LogP) is 9.13. The van der Waals surface area contributed by atoms with E-state index in [0.717, 1.165) is 5.69 Å². The molecule has 1 saturated heterocycles. The monoisotopic (exact) mass is 641 g/mol. The molecule has 0 bridgehead atoms. The van der Waals surface area contributed by atoms with Crippen LogP contribution in [0.3, 0.4) is 0 Å². The summed E-state index contributed by atoms with van der Waals surface area (Å²) in [6.07, 6.45) is 1.69. The molecule has 0 aliphatic carbocycles. The number of para-hydroxylation sites is 2. The first-order valence-electron chi connectivity index (χ1n) is 12.1. The number of amidine groups is 1. The lowest BCUT2D eigenvalue weighted by Crippen LogP contribution is -2.28. The Bertz CT molecular complexity index is 1660. The van der Waals surface area contributed by atoms with Crippen LogP contribution in [-0.2, 0) is 9.59 Å². The molecular formula is C30H19Cl4N3O3S. The van der Waals surface area contributed by atoms with E-state index >= 15 is 0 Å². The van der Waals surface area contributed by atoms with E-state index in [0.29, 0.717) is 37.1 Å². The van der Waals surface area contributed by atoms with Crippen molar-refractivity contribution in [3.8, 4) is 5.75 Å². The second kappa shape index (κ2) is 13.0. The van der Waals surface area contributed by atoms with Crippen molar-refractivity contribution in [2.45, 2.75) is 0 Å². The number of aliphatic imine (C=N–C) groups is 1. The molecule has 1 N–H and O–H groups in total. The van der Waals surface area contributed by atoms with Gasteiger partial charge in [0.1, 0.15) is 0 Å². The Morgan fingerprint density at radius 3 is 2.17 bits per heavy atom. The number of hydrogen-bond acceptors (Lipinski definition) is 5. The molecule has 0 aromatic heterocycles. The van der Waals surface area contributed by atoms with Gasteiger partial charge in [0.05, 0.1) is 36.4 Å². The number of halogens is 4. The molecule has 4 aromatic carbocycles. The largest absolute Gasteiger partial charge is 0.481 e. The number of carbonyl (C=O) groups excluding carboxylic acids is 2. The predicted molar refractivity (Wildman–Crippen MR) is 170 cm³/mol. The minimum Gasteiger partial charge on any atom is -0.481 e. The fraction of sp³-hybridized carbons (Fsp3) is 0.0333. The van der Waals surface area contributed by atoms with Crippen LogP contribution in [0, 0.1) is 0 Å². The Balaban J connectivity index is 1.35. The van der Waals surface area contributed by atoms with Crippen molar-refractivity contribution in [2.24, 2.45) is 4.99 Å². The first-order valence-corrected chi connectivity index (χ1v) is 14.4. The van der Waals surface area contributed by atoms with Crippen LogP contribution in [-0.4, -0.2) is 23.6 Å². The first-order chi connectivity index (χ1) is 19.8.